The highest BCUT2D eigenvalue weighted by Crippen LogP contribution is 2.19. The Balaban J connectivity index is 1.88. The first kappa shape index (κ1) is 36.1. The van der Waals surface area contributed by atoms with Crippen LogP contribution in [0.15, 0.2) is 78.9 Å². The first-order chi connectivity index (χ1) is 21.9. The van der Waals surface area contributed by atoms with E-state index >= 15 is 0 Å². The van der Waals surface area contributed by atoms with Crippen LogP contribution in [0.5, 0.6) is 5.75 Å². The molecule has 0 unspecified atom stereocenters. The minimum absolute atomic E-state index is 0.106. The topological polar surface area (TPSA) is 108 Å². The lowest BCUT2D eigenvalue weighted by Crippen LogP contribution is -2.51. The number of methoxy groups -OCH3 is 1. The van der Waals surface area contributed by atoms with Gasteiger partial charge >= 0.3 is 6.09 Å². The van der Waals surface area contributed by atoms with Crippen molar-refractivity contribution in [3.63, 3.8) is 0 Å². The summed E-state index contributed by atoms with van der Waals surface area (Å²) in [6.07, 6.45) is 0.242. The SMILES string of the molecule is CCCN(CCC)C(=O)c1cccc(C(=O)N[C@@H](Cc2ccccc2)[C@H](O)CN(Cc2cccc(OC)c2)C(=O)OC(C)(C)C)c1. The Morgan fingerprint density at radius 2 is 1.46 bits per heavy atom. The van der Waals surface area contributed by atoms with E-state index in [9.17, 15) is 19.5 Å². The third kappa shape index (κ3) is 11.2. The molecule has 0 fully saturated rings. The van der Waals surface area contributed by atoms with Gasteiger partial charge < -0.3 is 29.7 Å². The summed E-state index contributed by atoms with van der Waals surface area (Å²) in [7, 11) is 1.57. The molecule has 2 N–H and O–H groups in total. The number of hydrogen-bond donors (Lipinski definition) is 2. The molecule has 0 aliphatic carbocycles. The molecule has 3 aromatic carbocycles. The van der Waals surface area contributed by atoms with Crippen LogP contribution in [0.4, 0.5) is 4.79 Å². The molecule has 0 aromatic heterocycles. The number of ether oxygens (including phenoxy) is 2. The molecule has 3 amide bonds. The first-order valence-corrected chi connectivity index (χ1v) is 16.0. The lowest BCUT2D eigenvalue weighted by Gasteiger charge is -2.32. The molecule has 0 radical (unpaired) electrons. The van der Waals surface area contributed by atoms with E-state index in [1.165, 1.54) is 4.90 Å². The van der Waals surface area contributed by atoms with Gasteiger partial charge in [-0.2, -0.15) is 0 Å². The maximum atomic E-state index is 13.6. The van der Waals surface area contributed by atoms with Gasteiger partial charge in [-0.25, -0.2) is 4.79 Å². The van der Waals surface area contributed by atoms with Crippen molar-refractivity contribution in [2.45, 2.75) is 78.2 Å². The molecule has 0 spiro atoms. The molecule has 0 aliphatic rings. The van der Waals surface area contributed by atoms with Crippen LogP contribution >= 0.6 is 0 Å². The van der Waals surface area contributed by atoms with Crippen molar-refractivity contribution >= 4 is 17.9 Å². The molecule has 3 rings (SSSR count). The van der Waals surface area contributed by atoms with E-state index in [2.05, 4.69) is 5.32 Å². The molecular formula is C37H49N3O6. The summed E-state index contributed by atoms with van der Waals surface area (Å²) in [5.74, 6) is 0.0955. The van der Waals surface area contributed by atoms with Gasteiger partial charge in [0, 0.05) is 30.8 Å². The predicted octanol–water partition coefficient (Wildman–Crippen LogP) is 6.10. The summed E-state index contributed by atoms with van der Waals surface area (Å²) in [5.41, 5.74) is 1.69. The van der Waals surface area contributed by atoms with E-state index in [0.717, 1.165) is 24.0 Å². The zero-order valence-electron chi connectivity index (χ0n) is 28.0. The van der Waals surface area contributed by atoms with E-state index in [1.807, 2.05) is 68.4 Å². The number of aliphatic hydroxyl groups excluding tert-OH is 1. The zero-order valence-corrected chi connectivity index (χ0v) is 28.0. The molecule has 0 heterocycles. The number of carbonyl (C=O) groups excluding carboxylic acids is 3. The molecule has 9 heteroatoms. The van der Waals surface area contributed by atoms with E-state index in [4.69, 9.17) is 9.47 Å². The molecule has 3 aromatic rings. The lowest BCUT2D eigenvalue weighted by molar-refractivity contribution is 0.00836. The van der Waals surface area contributed by atoms with Crippen molar-refractivity contribution in [1.29, 1.82) is 0 Å². The highest BCUT2D eigenvalue weighted by molar-refractivity contribution is 5.99. The fourth-order valence-electron chi connectivity index (χ4n) is 5.11. The van der Waals surface area contributed by atoms with Crippen molar-refractivity contribution in [1.82, 2.24) is 15.1 Å². The molecule has 9 nitrogen and oxygen atoms in total. The van der Waals surface area contributed by atoms with Crippen molar-refractivity contribution in [2.75, 3.05) is 26.7 Å². The minimum atomic E-state index is -1.16. The van der Waals surface area contributed by atoms with Gasteiger partial charge in [0.2, 0.25) is 0 Å². The van der Waals surface area contributed by atoms with Crippen molar-refractivity contribution in [2.24, 2.45) is 0 Å². The van der Waals surface area contributed by atoms with E-state index < -0.39 is 29.7 Å². The van der Waals surface area contributed by atoms with Crippen LogP contribution in [0, 0.1) is 0 Å². The molecule has 0 bridgehead atoms. The second-order valence-corrected chi connectivity index (χ2v) is 12.4. The molecular weight excluding hydrogens is 582 g/mol. The average molecular weight is 632 g/mol. The van der Waals surface area contributed by atoms with Gasteiger partial charge in [-0.05, 0) is 81.5 Å². The van der Waals surface area contributed by atoms with Crippen molar-refractivity contribution in [3.8, 4) is 5.75 Å². The number of rotatable bonds is 15. The summed E-state index contributed by atoms with van der Waals surface area (Å²) in [6, 6.07) is 22.7. The molecule has 0 saturated carbocycles. The Labute approximate surface area is 273 Å². The van der Waals surface area contributed by atoms with Crippen LogP contribution in [0.3, 0.4) is 0 Å². The Bertz CT molecular complexity index is 1420. The fourth-order valence-corrected chi connectivity index (χ4v) is 5.11. The van der Waals surface area contributed by atoms with Crippen molar-refractivity contribution in [3.05, 3.63) is 101 Å². The zero-order chi connectivity index (χ0) is 33.7. The van der Waals surface area contributed by atoms with Crippen LogP contribution in [0.2, 0.25) is 0 Å². The second kappa shape index (κ2) is 17.4. The second-order valence-electron chi connectivity index (χ2n) is 12.4. The molecule has 46 heavy (non-hydrogen) atoms. The van der Waals surface area contributed by atoms with Gasteiger partial charge in [0.25, 0.3) is 11.8 Å². The van der Waals surface area contributed by atoms with Crippen LogP contribution in [-0.4, -0.2) is 77.3 Å². The highest BCUT2D eigenvalue weighted by Gasteiger charge is 2.29. The number of hydrogen-bond acceptors (Lipinski definition) is 6. The first-order valence-electron chi connectivity index (χ1n) is 16.0. The van der Waals surface area contributed by atoms with Crippen LogP contribution in [-0.2, 0) is 17.7 Å². The van der Waals surface area contributed by atoms with Gasteiger partial charge in [0.15, 0.2) is 0 Å². The van der Waals surface area contributed by atoms with Crippen LogP contribution in [0.1, 0.15) is 79.3 Å². The van der Waals surface area contributed by atoms with Gasteiger partial charge in [-0.3, -0.25) is 9.59 Å². The number of benzene rings is 3. The standard InChI is InChI=1S/C37H49N3O6/c1-7-20-39(21-8-2)35(43)30-18-13-17-29(24-30)34(42)38-32(23-27-14-10-9-11-15-27)33(41)26-40(36(44)46-37(3,4)5)25-28-16-12-19-31(22-28)45-6/h9-19,22,24,32-33,41H,7-8,20-21,23,25-26H2,1-6H3,(H,38,42)/t32-,33+/m0/s1. The Kier molecular flexibility index (Phi) is 13.6. The van der Waals surface area contributed by atoms with E-state index in [0.29, 0.717) is 36.4 Å². The normalized spacial score (nSPS) is 12.5. The average Bonchev–Trinajstić information content (AvgIpc) is 3.03. The number of amides is 3. The summed E-state index contributed by atoms with van der Waals surface area (Å²) < 4.78 is 11.0. The van der Waals surface area contributed by atoms with Crippen molar-refractivity contribution < 1.29 is 29.0 Å². The molecule has 248 valence electrons. The molecule has 2 atom stereocenters. The quantitative estimate of drug-likeness (QED) is 0.210. The maximum Gasteiger partial charge on any atom is 0.410 e. The lowest BCUT2D eigenvalue weighted by atomic mass is 9.99. The largest absolute Gasteiger partial charge is 0.497 e. The van der Waals surface area contributed by atoms with Gasteiger partial charge in [0.05, 0.1) is 25.8 Å². The number of nitrogens with one attached hydrogen (secondary N) is 1. The Morgan fingerprint density at radius 1 is 0.826 bits per heavy atom. The van der Waals surface area contributed by atoms with Crippen LogP contribution in [0.25, 0.3) is 0 Å². The minimum Gasteiger partial charge on any atom is -0.497 e. The Morgan fingerprint density at radius 3 is 2.09 bits per heavy atom. The molecule has 0 saturated heterocycles. The highest BCUT2D eigenvalue weighted by atomic mass is 16.6. The third-order valence-electron chi connectivity index (χ3n) is 7.29. The summed E-state index contributed by atoms with van der Waals surface area (Å²) in [4.78, 5) is 43.5. The summed E-state index contributed by atoms with van der Waals surface area (Å²) in [5, 5.41) is 14.6. The third-order valence-corrected chi connectivity index (χ3v) is 7.29. The van der Waals surface area contributed by atoms with Gasteiger partial charge in [-0.1, -0.05) is 62.4 Å². The predicted molar refractivity (Wildman–Crippen MR) is 180 cm³/mol. The Hall–Kier alpha value is -4.37. The van der Waals surface area contributed by atoms with E-state index in [-0.39, 0.29) is 19.0 Å². The summed E-state index contributed by atoms with van der Waals surface area (Å²) in [6.45, 7) is 10.7. The smallest absolute Gasteiger partial charge is 0.410 e. The summed E-state index contributed by atoms with van der Waals surface area (Å²) >= 11 is 0. The fraction of sp³-hybridized carbons (Fsp3) is 0.432. The number of aliphatic hydroxyl groups is 1. The monoisotopic (exact) mass is 631 g/mol. The number of carbonyl (C=O) groups is 3. The maximum absolute atomic E-state index is 13.6. The van der Waals surface area contributed by atoms with Gasteiger partial charge in [-0.15, -0.1) is 0 Å². The van der Waals surface area contributed by atoms with E-state index in [1.54, 1.807) is 57.0 Å². The van der Waals surface area contributed by atoms with Gasteiger partial charge in [0.1, 0.15) is 11.4 Å². The number of nitrogens with zero attached hydrogens (tertiary/aromatic N) is 2. The molecule has 0 aliphatic heterocycles. The van der Waals surface area contributed by atoms with Crippen LogP contribution < -0.4 is 10.1 Å².